The van der Waals surface area contributed by atoms with Crippen molar-refractivity contribution in [2.75, 3.05) is 6.54 Å². The predicted octanol–water partition coefficient (Wildman–Crippen LogP) is 2.32. The summed E-state index contributed by atoms with van der Waals surface area (Å²) in [5.41, 5.74) is 2.30. The van der Waals surface area contributed by atoms with Gasteiger partial charge in [0.1, 0.15) is 11.3 Å². The van der Waals surface area contributed by atoms with Gasteiger partial charge in [-0.05, 0) is 31.6 Å². The first-order valence-corrected chi connectivity index (χ1v) is 7.86. The number of nitrogens with zero attached hydrogens (tertiary/aromatic N) is 2. The van der Waals surface area contributed by atoms with Gasteiger partial charge in [-0.25, -0.2) is 0 Å². The summed E-state index contributed by atoms with van der Waals surface area (Å²) < 4.78 is 1.56. The van der Waals surface area contributed by atoms with E-state index in [1.165, 1.54) is 0 Å². The molecule has 0 bridgehead atoms. The number of aromatic nitrogens is 1. The number of rotatable bonds is 2. The lowest BCUT2D eigenvalue weighted by Crippen LogP contribution is -2.25. The third-order valence-corrected chi connectivity index (χ3v) is 4.21. The summed E-state index contributed by atoms with van der Waals surface area (Å²) in [5, 5.41) is 14.7. The van der Waals surface area contributed by atoms with Gasteiger partial charge in [0.25, 0.3) is 5.56 Å². The number of hydrogen-bond acceptors (Lipinski definition) is 4. The van der Waals surface area contributed by atoms with Crippen LogP contribution in [0.15, 0.2) is 45.8 Å². The Bertz CT molecular complexity index is 878. The lowest BCUT2D eigenvalue weighted by molar-refractivity contribution is 0.478. The third kappa shape index (κ3) is 2.63. The molecule has 2 N–H and O–H groups in total. The Morgan fingerprint density at radius 1 is 1.39 bits per heavy atom. The molecule has 1 aliphatic rings. The van der Waals surface area contributed by atoms with Crippen molar-refractivity contribution < 1.29 is 5.11 Å². The number of benzene rings is 1. The van der Waals surface area contributed by atoms with E-state index in [2.05, 4.69) is 10.3 Å². The van der Waals surface area contributed by atoms with E-state index in [4.69, 9.17) is 0 Å². The molecule has 3 rings (SSSR count). The molecule has 0 fully saturated rings. The largest absolute Gasteiger partial charge is 0.506 e. The van der Waals surface area contributed by atoms with Crippen LogP contribution in [-0.4, -0.2) is 28.0 Å². The van der Waals surface area contributed by atoms with Crippen molar-refractivity contribution in [3.05, 3.63) is 52.0 Å². The summed E-state index contributed by atoms with van der Waals surface area (Å²) in [4.78, 5) is 17.4. The standard InChI is InChI=1S/C18H21N3O2/c1-4-12-9-14(20-11(2)10-19-12)16-17(22)13-7-5-6-8-15(13)21(3)18(16)23/h5-9,11,19,22H,4,10H2,1-3H3/t11-/m1/s1. The van der Waals surface area contributed by atoms with E-state index >= 15 is 0 Å². The molecule has 120 valence electrons. The normalized spacial score (nSPS) is 18.1. The van der Waals surface area contributed by atoms with Gasteiger partial charge in [-0.15, -0.1) is 0 Å². The fourth-order valence-corrected chi connectivity index (χ4v) is 2.89. The molecule has 5 heteroatoms. The maximum Gasteiger partial charge on any atom is 0.264 e. The van der Waals surface area contributed by atoms with Crippen LogP contribution in [0.2, 0.25) is 0 Å². The topological polar surface area (TPSA) is 66.6 Å². The molecule has 0 unspecified atom stereocenters. The minimum Gasteiger partial charge on any atom is -0.506 e. The van der Waals surface area contributed by atoms with Crippen molar-refractivity contribution in [3.63, 3.8) is 0 Å². The van der Waals surface area contributed by atoms with Gasteiger partial charge < -0.3 is 15.0 Å². The fraction of sp³-hybridized carbons (Fsp3) is 0.333. The van der Waals surface area contributed by atoms with E-state index in [0.29, 0.717) is 16.6 Å². The van der Waals surface area contributed by atoms with Crippen LogP contribution in [0.1, 0.15) is 25.8 Å². The zero-order chi connectivity index (χ0) is 16.6. The van der Waals surface area contributed by atoms with Gasteiger partial charge in [-0.1, -0.05) is 19.1 Å². The molecule has 0 radical (unpaired) electrons. The number of aliphatic imine (C=N–C) groups is 1. The quantitative estimate of drug-likeness (QED) is 0.894. The number of allylic oxidation sites excluding steroid dienone is 2. The van der Waals surface area contributed by atoms with Crippen molar-refractivity contribution in [2.45, 2.75) is 26.3 Å². The number of hydrogen-bond donors (Lipinski definition) is 2. The Kier molecular flexibility index (Phi) is 3.94. The number of fused-ring (bicyclic) bond motifs is 1. The molecule has 0 saturated carbocycles. The minimum absolute atomic E-state index is 0.00301. The predicted molar refractivity (Wildman–Crippen MR) is 93.2 cm³/mol. The monoisotopic (exact) mass is 311 g/mol. The molecule has 1 aromatic heterocycles. The summed E-state index contributed by atoms with van der Waals surface area (Å²) >= 11 is 0. The van der Waals surface area contributed by atoms with Gasteiger partial charge in [0, 0.05) is 24.7 Å². The summed E-state index contributed by atoms with van der Waals surface area (Å²) in [7, 11) is 1.72. The molecule has 1 aliphatic heterocycles. The lowest BCUT2D eigenvalue weighted by atomic mass is 10.0. The number of aryl methyl sites for hydroxylation is 1. The summed E-state index contributed by atoms with van der Waals surface area (Å²) in [6.07, 6.45) is 2.69. The Balaban J connectivity index is 2.33. The van der Waals surface area contributed by atoms with E-state index in [1.807, 2.05) is 44.2 Å². The highest BCUT2D eigenvalue weighted by atomic mass is 16.3. The summed E-state index contributed by atoms with van der Waals surface area (Å²) in [6.45, 7) is 4.75. The maximum absolute atomic E-state index is 12.8. The Labute approximate surface area is 135 Å². The molecule has 23 heavy (non-hydrogen) atoms. The highest BCUT2D eigenvalue weighted by molar-refractivity contribution is 6.13. The molecular weight excluding hydrogens is 290 g/mol. The highest BCUT2D eigenvalue weighted by Crippen LogP contribution is 2.27. The number of aromatic hydroxyl groups is 1. The van der Waals surface area contributed by atoms with E-state index < -0.39 is 0 Å². The first-order chi connectivity index (χ1) is 11.0. The van der Waals surface area contributed by atoms with Crippen LogP contribution in [0.3, 0.4) is 0 Å². The van der Waals surface area contributed by atoms with Gasteiger partial charge in [0.2, 0.25) is 0 Å². The van der Waals surface area contributed by atoms with Crippen LogP contribution < -0.4 is 10.9 Å². The molecule has 0 saturated heterocycles. The average Bonchev–Trinajstić information content (AvgIpc) is 2.74. The van der Waals surface area contributed by atoms with Crippen molar-refractivity contribution in [2.24, 2.45) is 12.0 Å². The molecule has 0 aliphatic carbocycles. The van der Waals surface area contributed by atoms with Gasteiger partial charge >= 0.3 is 0 Å². The smallest absolute Gasteiger partial charge is 0.264 e. The second-order valence-corrected chi connectivity index (χ2v) is 5.87. The van der Waals surface area contributed by atoms with Crippen LogP contribution in [-0.2, 0) is 7.05 Å². The van der Waals surface area contributed by atoms with Crippen molar-refractivity contribution in [1.29, 1.82) is 0 Å². The molecule has 0 spiro atoms. The first kappa shape index (κ1) is 15.3. The van der Waals surface area contributed by atoms with Crippen molar-refractivity contribution in [3.8, 4) is 5.75 Å². The molecule has 1 aromatic carbocycles. The molecule has 2 aromatic rings. The molecule has 2 heterocycles. The van der Waals surface area contributed by atoms with E-state index in [9.17, 15) is 9.90 Å². The van der Waals surface area contributed by atoms with E-state index in [0.717, 1.165) is 18.7 Å². The fourth-order valence-electron chi connectivity index (χ4n) is 2.89. The zero-order valence-corrected chi connectivity index (χ0v) is 13.6. The number of pyridine rings is 1. The van der Waals surface area contributed by atoms with Crippen LogP contribution in [0.4, 0.5) is 0 Å². The number of nitrogens with one attached hydrogen (secondary N) is 1. The first-order valence-electron chi connectivity index (χ1n) is 7.86. The summed E-state index contributed by atoms with van der Waals surface area (Å²) in [5.74, 6) is 0.00301. The third-order valence-electron chi connectivity index (χ3n) is 4.21. The van der Waals surface area contributed by atoms with Crippen molar-refractivity contribution >= 4 is 16.6 Å². The van der Waals surface area contributed by atoms with Crippen LogP contribution >= 0.6 is 0 Å². The zero-order valence-electron chi connectivity index (χ0n) is 13.6. The second kappa shape index (κ2) is 5.91. The lowest BCUT2D eigenvalue weighted by Gasteiger charge is -2.12. The second-order valence-electron chi connectivity index (χ2n) is 5.87. The van der Waals surface area contributed by atoms with E-state index in [-0.39, 0.29) is 22.9 Å². The number of para-hydroxylation sites is 1. The van der Waals surface area contributed by atoms with Gasteiger partial charge in [-0.3, -0.25) is 9.79 Å². The molecular formula is C18H21N3O2. The summed E-state index contributed by atoms with van der Waals surface area (Å²) in [6, 6.07) is 7.37. The van der Waals surface area contributed by atoms with Gasteiger partial charge in [-0.2, -0.15) is 0 Å². The SMILES string of the molecule is CCC1=CC(c2c(O)c3ccccc3n(C)c2=O)=N[C@H](C)CN1. The van der Waals surface area contributed by atoms with Gasteiger partial charge in [0.15, 0.2) is 0 Å². The van der Waals surface area contributed by atoms with Crippen LogP contribution in [0.25, 0.3) is 10.9 Å². The van der Waals surface area contributed by atoms with Gasteiger partial charge in [0.05, 0.1) is 17.3 Å². The Morgan fingerprint density at radius 2 is 2.13 bits per heavy atom. The Morgan fingerprint density at radius 3 is 2.87 bits per heavy atom. The molecule has 1 atom stereocenters. The van der Waals surface area contributed by atoms with Crippen LogP contribution in [0, 0.1) is 0 Å². The average molecular weight is 311 g/mol. The van der Waals surface area contributed by atoms with Crippen molar-refractivity contribution in [1.82, 2.24) is 9.88 Å². The minimum atomic E-state index is -0.235. The van der Waals surface area contributed by atoms with Crippen LogP contribution in [0.5, 0.6) is 5.75 Å². The molecule has 5 nitrogen and oxygen atoms in total. The van der Waals surface area contributed by atoms with E-state index in [1.54, 1.807) is 11.6 Å². The maximum atomic E-state index is 12.8. The highest BCUT2D eigenvalue weighted by Gasteiger charge is 2.20. The Hall–Kier alpha value is -2.56. The molecule has 0 amide bonds.